The molecule has 0 saturated heterocycles. The van der Waals surface area contributed by atoms with E-state index in [1.807, 2.05) is 12.1 Å². The molecule has 0 radical (unpaired) electrons. The molecule has 1 aromatic rings. The van der Waals surface area contributed by atoms with E-state index in [2.05, 4.69) is 12.2 Å². The van der Waals surface area contributed by atoms with Gasteiger partial charge in [-0.05, 0) is 43.7 Å². The van der Waals surface area contributed by atoms with Crippen LogP contribution in [0.4, 0.5) is 0 Å². The summed E-state index contributed by atoms with van der Waals surface area (Å²) >= 11 is 7.49. The van der Waals surface area contributed by atoms with Crippen LogP contribution in [0.3, 0.4) is 0 Å². The molecular weight excluding hydrogens is 266 g/mol. The third-order valence-corrected chi connectivity index (χ3v) is 5.23. The van der Waals surface area contributed by atoms with Crippen molar-refractivity contribution in [2.24, 2.45) is 5.92 Å². The summed E-state index contributed by atoms with van der Waals surface area (Å²) in [5, 5.41) is 13.8. The van der Waals surface area contributed by atoms with Crippen molar-refractivity contribution in [1.29, 1.82) is 0 Å². The van der Waals surface area contributed by atoms with E-state index >= 15 is 0 Å². The van der Waals surface area contributed by atoms with Crippen molar-refractivity contribution in [2.75, 3.05) is 6.54 Å². The van der Waals surface area contributed by atoms with Crippen LogP contribution in [0, 0.1) is 5.92 Å². The lowest BCUT2D eigenvalue weighted by Gasteiger charge is -2.36. The van der Waals surface area contributed by atoms with Gasteiger partial charge in [0.25, 0.3) is 0 Å². The first-order chi connectivity index (χ1) is 8.61. The van der Waals surface area contributed by atoms with Crippen LogP contribution in [0.2, 0.25) is 4.34 Å². The molecule has 2 N–H and O–H groups in total. The Morgan fingerprint density at radius 2 is 2.17 bits per heavy atom. The fraction of sp³-hybridized carbons (Fsp3) is 0.714. The van der Waals surface area contributed by atoms with Gasteiger partial charge >= 0.3 is 0 Å². The maximum absolute atomic E-state index is 10.5. The zero-order valence-electron chi connectivity index (χ0n) is 10.9. The van der Waals surface area contributed by atoms with E-state index < -0.39 is 5.60 Å². The molecular formula is C14H22ClNOS. The second-order valence-corrected chi connectivity index (χ2v) is 7.18. The average Bonchev–Trinajstić information content (AvgIpc) is 2.76. The Morgan fingerprint density at radius 3 is 2.72 bits per heavy atom. The van der Waals surface area contributed by atoms with Crippen molar-refractivity contribution in [3.05, 3.63) is 21.3 Å². The molecule has 0 spiro atoms. The standard InChI is InChI=1S/C14H22ClNOS/c1-2-11-5-7-14(17,8-6-11)10-16-9-12-3-4-13(15)18-12/h3-4,11,16-17H,2,5-10H2,1H3. The van der Waals surface area contributed by atoms with Gasteiger partial charge in [0, 0.05) is 18.0 Å². The van der Waals surface area contributed by atoms with Crippen LogP contribution in [0.1, 0.15) is 43.9 Å². The minimum Gasteiger partial charge on any atom is -0.389 e. The van der Waals surface area contributed by atoms with Gasteiger partial charge in [0.1, 0.15) is 0 Å². The predicted octanol–water partition coefficient (Wildman–Crippen LogP) is 3.82. The highest BCUT2D eigenvalue weighted by molar-refractivity contribution is 7.16. The van der Waals surface area contributed by atoms with Gasteiger partial charge in [-0.1, -0.05) is 24.9 Å². The summed E-state index contributed by atoms with van der Waals surface area (Å²) in [5.74, 6) is 0.821. The highest BCUT2D eigenvalue weighted by atomic mass is 35.5. The Balaban J connectivity index is 1.73. The van der Waals surface area contributed by atoms with E-state index in [4.69, 9.17) is 11.6 Å². The SMILES string of the molecule is CCC1CCC(O)(CNCc2ccc(Cl)s2)CC1. The van der Waals surface area contributed by atoms with Crippen molar-refractivity contribution in [1.82, 2.24) is 5.32 Å². The minimum atomic E-state index is -0.493. The zero-order chi connectivity index (χ0) is 13.0. The quantitative estimate of drug-likeness (QED) is 0.863. The third-order valence-electron chi connectivity index (χ3n) is 4.00. The van der Waals surface area contributed by atoms with E-state index in [0.717, 1.165) is 29.6 Å². The number of halogens is 1. The molecule has 102 valence electrons. The van der Waals surface area contributed by atoms with Gasteiger partial charge in [0.05, 0.1) is 9.94 Å². The molecule has 2 nitrogen and oxygen atoms in total. The van der Waals surface area contributed by atoms with Crippen LogP contribution in [-0.2, 0) is 6.54 Å². The first-order valence-corrected chi connectivity index (χ1v) is 7.98. The molecule has 1 aliphatic carbocycles. The van der Waals surface area contributed by atoms with E-state index in [1.165, 1.54) is 24.1 Å². The molecule has 1 heterocycles. The number of hydrogen-bond donors (Lipinski definition) is 2. The van der Waals surface area contributed by atoms with Gasteiger partial charge < -0.3 is 10.4 Å². The number of nitrogens with one attached hydrogen (secondary N) is 1. The van der Waals surface area contributed by atoms with E-state index in [0.29, 0.717) is 6.54 Å². The normalized spacial score (nSPS) is 28.5. The summed E-state index contributed by atoms with van der Waals surface area (Å²) in [4.78, 5) is 1.23. The predicted molar refractivity (Wildman–Crippen MR) is 78.2 cm³/mol. The van der Waals surface area contributed by atoms with E-state index in [9.17, 15) is 5.11 Å². The highest BCUT2D eigenvalue weighted by Gasteiger charge is 2.31. The molecule has 0 aromatic carbocycles. The Labute approximate surface area is 118 Å². The molecule has 0 atom stereocenters. The van der Waals surface area contributed by atoms with Crippen LogP contribution in [0.5, 0.6) is 0 Å². The van der Waals surface area contributed by atoms with Crippen molar-refractivity contribution in [3.63, 3.8) is 0 Å². The zero-order valence-corrected chi connectivity index (χ0v) is 12.5. The molecule has 0 bridgehead atoms. The van der Waals surface area contributed by atoms with Gasteiger partial charge in [-0.2, -0.15) is 0 Å². The lowest BCUT2D eigenvalue weighted by atomic mass is 9.78. The van der Waals surface area contributed by atoms with Gasteiger partial charge in [-0.25, -0.2) is 0 Å². The van der Waals surface area contributed by atoms with E-state index in [-0.39, 0.29) is 0 Å². The van der Waals surface area contributed by atoms with Crippen LogP contribution in [0.25, 0.3) is 0 Å². The molecule has 0 amide bonds. The van der Waals surface area contributed by atoms with Crippen LogP contribution < -0.4 is 5.32 Å². The second-order valence-electron chi connectivity index (χ2n) is 5.39. The van der Waals surface area contributed by atoms with Crippen molar-refractivity contribution >= 4 is 22.9 Å². The van der Waals surface area contributed by atoms with Gasteiger partial charge in [0.2, 0.25) is 0 Å². The Morgan fingerprint density at radius 1 is 1.44 bits per heavy atom. The molecule has 1 aromatic heterocycles. The molecule has 2 rings (SSSR count). The van der Waals surface area contributed by atoms with Gasteiger partial charge in [-0.15, -0.1) is 11.3 Å². The first-order valence-electron chi connectivity index (χ1n) is 6.78. The second kappa shape index (κ2) is 6.38. The highest BCUT2D eigenvalue weighted by Crippen LogP contribution is 2.33. The minimum absolute atomic E-state index is 0.493. The fourth-order valence-corrected chi connectivity index (χ4v) is 3.72. The van der Waals surface area contributed by atoms with Gasteiger partial charge in [0.15, 0.2) is 0 Å². The van der Waals surface area contributed by atoms with Crippen molar-refractivity contribution in [2.45, 2.75) is 51.2 Å². The monoisotopic (exact) mass is 287 g/mol. The van der Waals surface area contributed by atoms with E-state index in [1.54, 1.807) is 11.3 Å². The molecule has 1 saturated carbocycles. The van der Waals surface area contributed by atoms with Crippen molar-refractivity contribution < 1.29 is 5.11 Å². The number of aliphatic hydroxyl groups is 1. The van der Waals surface area contributed by atoms with Crippen LogP contribution >= 0.6 is 22.9 Å². The Bertz CT molecular complexity index is 372. The summed E-state index contributed by atoms with van der Waals surface area (Å²) in [7, 11) is 0. The number of thiophene rings is 1. The lowest BCUT2D eigenvalue weighted by molar-refractivity contribution is -0.00876. The van der Waals surface area contributed by atoms with Crippen molar-refractivity contribution in [3.8, 4) is 0 Å². The number of rotatable bonds is 5. The Kier molecular flexibility index (Phi) is 5.07. The topological polar surface area (TPSA) is 32.3 Å². The third kappa shape index (κ3) is 3.95. The summed E-state index contributed by atoms with van der Waals surface area (Å²) < 4.78 is 0.828. The number of hydrogen-bond acceptors (Lipinski definition) is 3. The summed E-state index contributed by atoms with van der Waals surface area (Å²) in [6, 6.07) is 3.96. The largest absolute Gasteiger partial charge is 0.389 e. The maximum atomic E-state index is 10.5. The van der Waals surface area contributed by atoms with Gasteiger partial charge in [-0.3, -0.25) is 0 Å². The molecule has 1 aliphatic rings. The molecule has 0 aliphatic heterocycles. The van der Waals surface area contributed by atoms with Crippen LogP contribution in [0.15, 0.2) is 12.1 Å². The summed E-state index contributed by atoms with van der Waals surface area (Å²) in [6.07, 6.45) is 5.45. The fourth-order valence-electron chi connectivity index (χ4n) is 2.67. The summed E-state index contributed by atoms with van der Waals surface area (Å²) in [5.41, 5.74) is -0.493. The smallest absolute Gasteiger partial charge is 0.0931 e. The molecule has 1 fully saturated rings. The molecule has 4 heteroatoms. The summed E-state index contributed by atoms with van der Waals surface area (Å²) in [6.45, 7) is 3.74. The Hall–Kier alpha value is -0.0900. The molecule has 0 unspecified atom stereocenters. The maximum Gasteiger partial charge on any atom is 0.0931 e. The average molecular weight is 288 g/mol. The first kappa shape index (κ1) is 14.3. The molecule has 18 heavy (non-hydrogen) atoms. The van der Waals surface area contributed by atoms with Crippen LogP contribution in [-0.4, -0.2) is 17.3 Å². The lowest BCUT2D eigenvalue weighted by Crippen LogP contribution is -2.43.